The predicted molar refractivity (Wildman–Crippen MR) is 112 cm³/mol. The summed E-state index contributed by atoms with van der Waals surface area (Å²) in [5.74, 6) is -0.190. The van der Waals surface area contributed by atoms with Gasteiger partial charge in [-0.2, -0.15) is 9.78 Å². The van der Waals surface area contributed by atoms with Crippen molar-refractivity contribution in [2.45, 2.75) is 26.3 Å². The number of hydrogen-bond acceptors (Lipinski definition) is 4. The molecule has 2 fully saturated rings. The Balaban J connectivity index is 1.36. The fourth-order valence-electron chi connectivity index (χ4n) is 4.33. The van der Waals surface area contributed by atoms with Gasteiger partial charge in [-0.3, -0.25) is 9.69 Å². The highest BCUT2D eigenvalue weighted by Crippen LogP contribution is 2.40. The third-order valence-corrected chi connectivity index (χ3v) is 6.45. The van der Waals surface area contributed by atoms with Gasteiger partial charge in [0.15, 0.2) is 0 Å². The predicted octanol–water partition coefficient (Wildman–Crippen LogP) is 3.71. The molecule has 29 heavy (non-hydrogen) atoms. The van der Waals surface area contributed by atoms with E-state index in [0.29, 0.717) is 15.7 Å². The van der Waals surface area contributed by atoms with Gasteiger partial charge < -0.3 is 10.2 Å². The van der Waals surface area contributed by atoms with Crippen molar-refractivity contribution in [1.82, 2.24) is 19.6 Å². The Kier molecular flexibility index (Phi) is 5.55. The summed E-state index contributed by atoms with van der Waals surface area (Å²) in [6.45, 7) is 5.64. The molecule has 2 amide bonds. The summed E-state index contributed by atoms with van der Waals surface area (Å²) in [6.07, 6.45) is 5.09. The van der Waals surface area contributed by atoms with E-state index in [4.69, 9.17) is 23.2 Å². The van der Waals surface area contributed by atoms with E-state index in [1.54, 1.807) is 6.20 Å². The van der Waals surface area contributed by atoms with Crippen LogP contribution in [0.25, 0.3) is 0 Å². The van der Waals surface area contributed by atoms with E-state index in [1.807, 2.05) is 23.1 Å². The molecule has 1 aromatic heterocycles. The molecule has 0 aliphatic carbocycles. The molecule has 1 unspecified atom stereocenters. The highest BCUT2D eigenvalue weighted by Gasteiger charge is 2.45. The van der Waals surface area contributed by atoms with Gasteiger partial charge in [0, 0.05) is 38.5 Å². The van der Waals surface area contributed by atoms with Crippen LogP contribution in [0.2, 0.25) is 10.0 Å². The summed E-state index contributed by atoms with van der Waals surface area (Å²) in [7, 11) is 0. The van der Waals surface area contributed by atoms with Crippen LogP contribution in [0.4, 0.5) is 10.5 Å². The number of nitrogens with zero attached hydrogens (tertiary/aromatic N) is 4. The minimum absolute atomic E-state index is 0.125. The van der Waals surface area contributed by atoms with Crippen molar-refractivity contribution in [3.8, 4) is 0 Å². The van der Waals surface area contributed by atoms with Gasteiger partial charge in [-0.15, -0.1) is 0 Å². The Morgan fingerprint density at radius 2 is 1.97 bits per heavy atom. The van der Waals surface area contributed by atoms with Crippen LogP contribution in [0.3, 0.4) is 0 Å². The van der Waals surface area contributed by atoms with Gasteiger partial charge in [-0.25, -0.2) is 4.79 Å². The minimum Gasteiger partial charge on any atom is -0.324 e. The van der Waals surface area contributed by atoms with Crippen LogP contribution in [0.5, 0.6) is 0 Å². The van der Waals surface area contributed by atoms with E-state index in [1.165, 1.54) is 17.8 Å². The van der Waals surface area contributed by atoms with Gasteiger partial charge in [0.25, 0.3) is 0 Å². The molecule has 2 aromatic rings. The first-order valence-corrected chi connectivity index (χ1v) is 10.4. The second kappa shape index (κ2) is 7.97. The lowest BCUT2D eigenvalue weighted by Crippen LogP contribution is -2.36. The van der Waals surface area contributed by atoms with Crippen molar-refractivity contribution < 1.29 is 9.59 Å². The Morgan fingerprint density at radius 1 is 1.17 bits per heavy atom. The van der Waals surface area contributed by atoms with Gasteiger partial charge in [0.1, 0.15) is 0 Å². The number of aromatic nitrogens is 2. The summed E-state index contributed by atoms with van der Waals surface area (Å²) >= 11 is 12.1. The molecule has 1 atom stereocenters. The van der Waals surface area contributed by atoms with E-state index in [2.05, 4.69) is 15.3 Å². The molecule has 0 saturated carbocycles. The number of likely N-dealkylation sites (tertiary alicyclic amines) is 2. The van der Waals surface area contributed by atoms with Gasteiger partial charge in [-0.05, 0) is 37.1 Å². The second-order valence-corrected chi connectivity index (χ2v) is 8.83. The number of anilines is 1. The molecular formula is C20H23Cl2N5O2. The average Bonchev–Trinajstić information content (AvgIpc) is 3.39. The maximum Gasteiger partial charge on any atom is 0.344 e. The minimum atomic E-state index is -0.190. The smallest absolute Gasteiger partial charge is 0.324 e. The standard InChI is InChI=1S/C20H23Cl2N5O2/c1-14(28)24-16-9-23-27(11-16)19(29)26-7-5-20(13-26)4-6-25(12-20)10-15-2-3-17(21)18(22)8-15/h2-3,8-9,11H,4-7,10,12-13H2,1H3,(H,24,28). The molecule has 1 N–H and O–H groups in total. The molecule has 1 spiro atoms. The summed E-state index contributed by atoms with van der Waals surface area (Å²) in [5, 5.41) is 7.88. The van der Waals surface area contributed by atoms with Crippen LogP contribution in [0.15, 0.2) is 30.6 Å². The average molecular weight is 436 g/mol. The first-order chi connectivity index (χ1) is 13.8. The zero-order chi connectivity index (χ0) is 20.6. The SMILES string of the molecule is CC(=O)Nc1cnn(C(=O)N2CCC3(CCN(Cc4ccc(Cl)c(Cl)c4)C3)C2)c1. The van der Waals surface area contributed by atoms with Gasteiger partial charge in [-0.1, -0.05) is 29.3 Å². The number of halogens is 2. The lowest BCUT2D eigenvalue weighted by molar-refractivity contribution is -0.114. The Bertz CT molecular complexity index is 947. The van der Waals surface area contributed by atoms with Crippen molar-refractivity contribution in [2.75, 3.05) is 31.5 Å². The monoisotopic (exact) mass is 435 g/mol. The van der Waals surface area contributed by atoms with Crippen LogP contribution >= 0.6 is 23.2 Å². The number of carbonyl (C=O) groups is 2. The van der Waals surface area contributed by atoms with E-state index in [9.17, 15) is 9.59 Å². The van der Waals surface area contributed by atoms with Crippen LogP contribution in [0, 0.1) is 5.41 Å². The number of hydrogen-bond donors (Lipinski definition) is 1. The number of nitrogens with one attached hydrogen (secondary N) is 1. The first kappa shape index (κ1) is 20.2. The number of rotatable bonds is 3. The molecule has 4 rings (SSSR count). The van der Waals surface area contributed by atoms with Crippen LogP contribution in [-0.2, 0) is 11.3 Å². The quantitative estimate of drug-likeness (QED) is 0.797. The van der Waals surface area contributed by atoms with Gasteiger partial charge >= 0.3 is 6.03 Å². The topological polar surface area (TPSA) is 70.5 Å². The Hall–Kier alpha value is -2.09. The Morgan fingerprint density at radius 3 is 2.72 bits per heavy atom. The zero-order valence-electron chi connectivity index (χ0n) is 16.2. The molecule has 9 heteroatoms. The lowest BCUT2D eigenvalue weighted by atomic mass is 9.86. The van der Waals surface area contributed by atoms with E-state index >= 15 is 0 Å². The normalized spacial score (nSPS) is 21.8. The van der Waals surface area contributed by atoms with Crippen LogP contribution < -0.4 is 5.32 Å². The molecule has 2 saturated heterocycles. The molecular weight excluding hydrogens is 413 g/mol. The molecule has 3 heterocycles. The maximum absolute atomic E-state index is 12.8. The lowest BCUT2D eigenvalue weighted by Gasteiger charge is -2.24. The fraction of sp³-hybridized carbons (Fsp3) is 0.450. The van der Waals surface area contributed by atoms with Crippen molar-refractivity contribution in [2.24, 2.45) is 5.41 Å². The zero-order valence-corrected chi connectivity index (χ0v) is 17.7. The number of benzene rings is 1. The highest BCUT2D eigenvalue weighted by molar-refractivity contribution is 6.42. The fourth-order valence-corrected chi connectivity index (χ4v) is 4.65. The third-order valence-electron chi connectivity index (χ3n) is 5.72. The van der Waals surface area contributed by atoms with Crippen molar-refractivity contribution >= 4 is 40.8 Å². The maximum atomic E-state index is 12.8. The van der Waals surface area contributed by atoms with Gasteiger partial charge in [0.2, 0.25) is 5.91 Å². The summed E-state index contributed by atoms with van der Waals surface area (Å²) < 4.78 is 1.30. The van der Waals surface area contributed by atoms with E-state index < -0.39 is 0 Å². The van der Waals surface area contributed by atoms with Crippen molar-refractivity contribution in [1.29, 1.82) is 0 Å². The largest absolute Gasteiger partial charge is 0.344 e. The summed E-state index contributed by atoms with van der Waals surface area (Å²) in [6, 6.07) is 5.61. The molecule has 2 aliphatic heterocycles. The highest BCUT2D eigenvalue weighted by atomic mass is 35.5. The number of carbonyl (C=O) groups excluding carboxylic acids is 2. The Labute approximate surface area is 179 Å². The summed E-state index contributed by atoms with van der Waals surface area (Å²) in [4.78, 5) is 28.2. The molecule has 0 radical (unpaired) electrons. The molecule has 154 valence electrons. The van der Waals surface area contributed by atoms with E-state index in [0.717, 1.165) is 51.1 Å². The second-order valence-electron chi connectivity index (χ2n) is 8.02. The molecule has 2 aliphatic rings. The summed E-state index contributed by atoms with van der Waals surface area (Å²) in [5.41, 5.74) is 1.79. The molecule has 7 nitrogen and oxygen atoms in total. The third kappa shape index (κ3) is 4.42. The molecule has 0 bridgehead atoms. The van der Waals surface area contributed by atoms with E-state index in [-0.39, 0.29) is 17.4 Å². The van der Waals surface area contributed by atoms with Crippen LogP contribution in [-0.4, -0.2) is 57.7 Å². The number of amides is 2. The van der Waals surface area contributed by atoms with Crippen LogP contribution in [0.1, 0.15) is 25.3 Å². The van der Waals surface area contributed by atoms with Crippen molar-refractivity contribution in [3.05, 3.63) is 46.2 Å². The molecule has 1 aromatic carbocycles. The van der Waals surface area contributed by atoms with Crippen molar-refractivity contribution in [3.63, 3.8) is 0 Å². The van der Waals surface area contributed by atoms with Gasteiger partial charge in [0.05, 0.1) is 28.1 Å². The first-order valence-electron chi connectivity index (χ1n) is 9.61.